The number of hydrogen-bond acceptors (Lipinski definition) is 3. The molecule has 0 spiro atoms. The molecule has 2 unspecified atom stereocenters. The molecule has 0 radical (unpaired) electrons. The number of hydrogen-bond donors (Lipinski definition) is 1. The normalized spacial score (nSPS) is 36.4. The Labute approximate surface area is 107 Å². The van der Waals surface area contributed by atoms with Crippen LogP contribution in [0.15, 0.2) is 0 Å². The number of likely N-dealkylation sites (tertiary alicyclic amines) is 1. The quantitative estimate of drug-likeness (QED) is 0.803. The van der Waals surface area contributed by atoms with Crippen LogP contribution < -0.4 is 5.32 Å². The van der Waals surface area contributed by atoms with E-state index in [4.69, 9.17) is 0 Å². The highest BCUT2D eigenvalue weighted by Gasteiger charge is 2.31. The lowest BCUT2D eigenvalue weighted by Gasteiger charge is -2.31. The summed E-state index contributed by atoms with van der Waals surface area (Å²) in [6, 6.07) is 0.800. The van der Waals surface area contributed by atoms with Gasteiger partial charge in [0.25, 0.3) is 0 Å². The van der Waals surface area contributed by atoms with E-state index in [1.807, 2.05) is 0 Å². The second kappa shape index (κ2) is 5.68. The maximum atomic E-state index is 3.51. The Morgan fingerprint density at radius 3 is 2.76 bits per heavy atom. The first-order chi connectivity index (χ1) is 8.09. The van der Waals surface area contributed by atoms with Crippen molar-refractivity contribution in [1.82, 2.24) is 15.1 Å². The van der Waals surface area contributed by atoms with Crippen LogP contribution in [0.3, 0.4) is 0 Å². The fraction of sp³-hybridized carbons (Fsp3) is 1.00. The summed E-state index contributed by atoms with van der Waals surface area (Å²) in [6.45, 7) is 8.76. The van der Waals surface area contributed by atoms with E-state index in [1.165, 1.54) is 58.4 Å². The first kappa shape index (κ1) is 13.3. The van der Waals surface area contributed by atoms with Crippen LogP contribution in [0.5, 0.6) is 0 Å². The molecule has 0 aromatic heterocycles. The molecule has 3 nitrogen and oxygen atoms in total. The predicted molar refractivity (Wildman–Crippen MR) is 73.4 cm³/mol. The van der Waals surface area contributed by atoms with Gasteiger partial charge in [0.15, 0.2) is 0 Å². The van der Waals surface area contributed by atoms with Crippen molar-refractivity contribution in [3.63, 3.8) is 0 Å². The molecule has 2 rings (SSSR count). The van der Waals surface area contributed by atoms with Gasteiger partial charge in [-0.05, 0) is 64.8 Å². The van der Waals surface area contributed by atoms with Crippen molar-refractivity contribution >= 4 is 0 Å². The summed E-state index contributed by atoms with van der Waals surface area (Å²) in [5, 5.41) is 3.51. The highest BCUT2D eigenvalue weighted by Crippen LogP contribution is 2.27. The summed E-state index contributed by atoms with van der Waals surface area (Å²) in [4.78, 5) is 5.11. The maximum Gasteiger partial charge on any atom is 0.0102 e. The smallest absolute Gasteiger partial charge is 0.0102 e. The molecule has 0 aromatic carbocycles. The molecule has 0 bridgehead atoms. The van der Waals surface area contributed by atoms with E-state index in [1.54, 1.807) is 0 Å². The zero-order chi connectivity index (χ0) is 12.3. The van der Waals surface area contributed by atoms with Crippen molar-refractivity contribution in [2.24, 2.45) is 5.41 Å². The third kappa shape index (κ3) is 3.67. The van der Waals surface area contributed by atoms with E-state index in [0.717, 1.165) is 6.04 Å². The fourth-order valence-corrected chi connectivity index (χ4v) is 3.36. The van der Waals surface area contributed by atoms with Gasteiger partial charge in [0.05, 0.1) is 0 Å². The lowest BCUT2D eigenvalue weighted by atomic mass is 9.89. The average molecular weight is 239 g/mol. The molecule has 2 atom stereocenters. The van der Waals surface area contributed by atoms with Crippen molar-refractivity contribution in [2.75, 3.05) is 46.8 Å². The molecule has 2 heterocycles. The molecule has 17 heavy (non-hydrogen) atoms. The highest BCUT2D eigenvalue weighted by atomic mass is 15.2. The lowest BCUT2D eigenvalue weighted by Crippen LogP contribution is -2.38. The summed E-state index contributed by atoms with van der Waals surface area (Å²) < 4.78 is 0. The van der Waals surface area contributed by atoms with E-state index in [9.17, 15) is 0 Å². The van der Waals surface area contributed by atoms with Crippen molar-refractivity contribution in [3.05, 3.63) is 0 Å². The van der Waals surface area contributed by atoms with Crippen LogP contribution in [0.25, 0.3) is 0 Å². The topological polar surface area (TPSA) is 18.5 Å². The molecule has 1 N–H and O–H groups in total. The summed E-state index contributed by atoms with van der Waals surface area (Å²) in [5.41, 5.74) is 0.526. The third-order valence-electron chi connectivity index (χ3n) is 4.58. The number of rotatable bonds is 3. The Morgan fingerprint density at radius 1 is 1.29 bits per heavy atom. The molecule has 2 aliphatic rings. The standard InChI is InChI=1S/C14H29N3/c1-14(7-8-15-11-14)12-17-9-4-5-13(6-10-17)16(2)3/h13,15H,4-12H2,1-3H3. The molecular weight excluding hydrogens is 210 g/mol. The Morgan fingerprint density at radius 2 is 2.12 bits per heavy atom. The van der Waals surface area contributed by atoms with Crippen LogP contribution in [0.1, 0.15) is 32.6 Å². The van der Waals surface area contributed by atoms with Gasteiger partial charge < -0.3 is 15.1 Å². The Kier molecular flexibility index (Phi) is 4.45. The highest BCUT2D eigenvalue weighted by molar-refractivity contribution is 4.87. The minimum absolute atomic E-state index is 0.526. The van der Waals surface area contributed by atoms with Crippen molar-refractivity contribution in [3.8, 4) is 0 Å². The van der Waals surface area contributed by atoms with Crippen molar-refractivity contribution < 1.29 is 0 Å². The molecule has 2 saturated heterocycles. The second-order valence-corrected chi connectivity index (χ2v) is 6.56. The van der Waals surface area contributed by atoms with Crippen molar-refractivity contribution in [2.45, 2.75) is 38.6 Å². The molecule has 2 aliphatic heterocycles. The van der Waals surface area contributed by atoms with Gasteiger partial charge in [-0.2, -0.15) is 0 Å². The van der Waals surface area contributed by atoms with Gasteiger partial charge in [-0.3, -0.25) is 0 Å². The summed E-state index contributed by atoms with van der Waals surface area (Å²) in [7, 11) is 4.45. The van der Waals surface area contributed by atoms with Crippen LogP contribution >= 0.6 is 0 Å². The molecule has 0 amide bonds. The van der Waals surface area contributed by atoms with Gasteiger partial charge in [0.2, 0.25) is 0 Å². The summed E-state index contributed by atoms with van der Waals surface area (Å²) in [6.07, 6.45) is 5.43. The first-order valence-electron chi connectivity index (χ1n) is 7.19. The SMILES string of the molecule is CN(C)C1CCCN(CC2(C)CCNC2)CC1. The fourth-order valence-electron chi connectivity index (χ4n) is 3.36. The van der Waals surface area contributed by atoms with Crippen LogP contribution in [-0.2, 0) is 0 Å². The Balaban J connectivity index is 1.82. The molecule has 0 aromatic rings. The molecule has 3 heteroatoms. The van der Waals surface area contributed by atoms with Gasteiger partial charge in [0.1, 0.15) is 0 Å². The van der Waals surface area contributed by atoms with Gasteiger partial charge >= 0.3 is 0 Å². The van der Waals surface area contributed by atoms with E-state index in [2.05, 4.69) is 36.1 Å². The number of nitrogens with one attached hydrogen (secondary N) is 1. The first-order valence-corrected chi connectivity index (χ1v) is 7.19. The average Bonchev–Trinajstić information content (AvgIpc) is 2.56. The van der Waals surface area contributed by atoms with Gasteiger partial charge in [0, 0.05) is 19.1 Å². The number of nitrogens with zero attached hydrogens (tertiary/aromatic N) is 2. The minimum Gasteiger partial charge on any atom is -0.316 e. The van der Waals surface area contributed by atoms with E-state index in [0.29, 0.717) is 5.41 Å². The molecule has 0 saturated carbocycles. The molecular formula is C14H29N3. The van der Waals surface area contributed by atoms with Gasteiger partial charge in [-0.1, -0.05) is 6.92 Å². The maximum absolute atomic E-state index is 3.51. The van der Waals surface area contributed by atoms with Gasteiger partial charge in [-0.25, -0.2) is 0 Å². The monoisotopic (exact) mass is 239 g/mol. The second-order valence-electron chi connectivity index (χ2n) is 6.56. The third-order valence-corrected chi connectivity index (χ3v) is 4.58. The predicted octanol–water partition coefficient (Wildman–Crippen LogP) is 1.40. The molecule has 0 aliphatic carbocycles. The zero-order valence-electron chi connectivity index (χ0n) is 11.8. The van der Waals surface area contributed by atoms with E-state index in [-0.39, 0.29) is 0 Å². The van der Waals surface area contributed by atoms with Crippen LogP contribution in [0.2, 0.25) is 0 Å². The Hall–Kier alpha value is -0.120. The van der Waals surface area contributed by atoms with E-state index >= 15 is 0 Å². The van der Waals surface area contributed by atoms with Crippen LogP contribution in [-0.4, -0.2) is 62.7 Å². The largest absolute Gasteiger partial charge is 0.316 e. The summed E-state index contributed by atoms with van der Waals surface area (Å²) in [5.74, 6) is 0. The van der Waals surface area contributed by atoms with Crippen molar-refractivity contribution in [1.29, 1.82) is 0 Å². The van der Waals surface area contributed by atoms with Crippen LogP contribution in [0.4, 0.5) is 0 Å². The molecule has 100 valence electrons. The van der Waals surface area contributed by atoms with Crippen LogP contribution in [0, 0.1) is 5.41 Å². The van der Waals surface area contributed by atoms with E-state index < -0.39 is 0 Å². The lowest BCUT2D eigenvalue weighted by molar-refractivity contribution is 0.177. The zero-order valence-corrected chi connectivity index (χ0v) is 11.8. The molecule has 2 fully saturated rings. The summed E-state index contributed by atoms with van der Waals surface area (Å²) >= 11 is 0. The Bertz CT molecular complexity index is 234. The van der Waals surface area contributed by atoms with Gasteiger partial charge in [-0.15, -0.1) is 0 Å². The minimum atomic E-state index is 0.526.